The van der Waals surface area contributed by atoms with Gasteiger partial charge in [-0.1, -0.05) is 0 Å². The molecule has 158 valence electrons. The highest BCUT2D eigenvalue weighted by atomic mass is 16.6. The van der Waals surface area contributed by atoms with Crippen molar-refractivity contribution in [3.63, 3.8) is 0 Å². The number of carbonyl (C=O) groups is 2. The van der Waals surface area contributed by atoms with E-state index < -0.39 is 22.4 Å². The Morgan fingerprint density at radius 2 is 2.23 bits per heavy atom. The molecule has 12 nitrogen and oxygen atoms in total. The van der Waals surface area contributed by atoms with E-state index in [9.17, 15) is 19.7 Å². The number of hydrogen-bond acceptors (Lipinski definition) is 10. The highest BCUT2D eigenvalue weighted by Gasteiger charge is 2.33. The third-order valence-electron chi connectivity index (χ3n) is 4.54. The number of esters is 1. The largest absolute Gasteiger partial charge is 0.466 e. The van der Waals surface area contributed by atoms with Crippen LogP contribution in [0.15, 0.2) is 30.9 Å². The molecule has 1 aliphatic heterocycles. The van der Waals surface area contributed by atoms with Gasteiger partial charge in [-0.05, 0) is 31.9 Å². The zero-order valence-electron chi connectivity index (χ0n) is 16.3. The first-order valence-electron chi connectivity index (χ1n) is 9.38. The van der Waals surface area contributed by atoms with Gasteiger partial charge in [-0.25, -0.2) is 9.97 Å². The normalized spacial score (nSPS) is 15.9. The van der Waals surface area contributed by atoms with Crippen molar-refractivity contribution in [2.24, 2.45) is 5.92 Å². The fraction of sp³-hybridized carbons (Fsp3) is 0.389. The second kappa shape index (κ2) is 9.58. The minimum atomic E-state index is -0.623. The lowest BCUT2D eigenvalue weighted by Gasteiger charge is -2.32. The van der Waals surface area contributed by atoms with Gasteiger partial charge in [-0.3, -0.25) is 35.5 Å². The SMILES string of the molecule is CCOC(=O)C1CCCN(c2ncnc(NNC(=O)c3cccnc3)c2[N+](=O)[O-])C1. The van der Waals surface area contributed by atoms with Crippen molar-refractivity contribution in [2.45, 2.75) is 19.8 Å². The molecule has 0 bridgehead atoms. The number of amides is 1. The summed E-state index contributed by atoms with van der Waals surface area (Å²) in [7, 11) is 0. The van der Waals surface area contributed by atoms with Gasteiger partial charge in [0.1, 0.15) is 6.33 Å². The van der Waals surface area contributed by atoms with Gasteiger partial charge in [0.25, 0.3) is 5.91 Å². The van der Waals surface area contributed by atoms with Crippen molar-refractivity contribution in [2.75, 3.05) is 30.0 Å². The van der Waals surface area contributed by atoms with Crippen molar-refractivity contribution in [1.82, 2.24) is 20.4 Å². The molecular formula is C18H21N7O5. The second-order valence-electron chi connectivity index (χ2n) is 6.51. The van der Waals surface area contributed by atoms with Gasteiger partial charge in [-0.2, -0.15) is 0 Å². The van der Waals surface area contributed by atoms with Crippen LogP contribution in [0, 0.1) is 16.0 Å². The van der Waals surface area contributed by atoms with E-state index in [4.69, 9.17) is 4.74 Å². The molecule has 1 aliphatic rings. The van der Waals surface area contributed by atoms with E-state index in [0.29, 0.717) is 19.4 Å². The number of anilines is 2. The molecule has 1 unspecified atom stereocenters. The minimum Gasteiger partial charge on any atom is -0.466 e. The van der Waals surface area contributed by atoms with Gasteiger partial charge in [0.2, 0.25) is 11.6 Å². The number of hydrogen-bond donors (Lipinski definition) is 2. The van der Waals surface area contributed by atoms with Crippen molar-refractivity contribution < 1.29 is 19.2 Å². The van der Waals surface area contributed by atoms with E-state index in [1.165, 1.54) is 12.4 Å². The van der Waals surface area contributed by atoms with E-state index in [1.807, 2.05) is 0 Å². The van der Waals surface area contributed by atoms with E-state index in [1.54, 1.807) is 24.0 Å². The fourth-order valence-corrected chi connectivity index (χ4v) is 3.17. The van der Waals surface area contributed by atoms with Crippen molar-refractivity contribution in [1.29, 1.82) is 0 Å². The number of aromatic nitrogens is 3. The third kappa shape index (κ3) is 4.77. The Kier molecular flexibility index (Phi) is 6.67. The zero-order valence-corrected chi connectivity index (χ0v) is 16.3. The molecule has 2 aromatic heterocycles. The van der Waals surface area contributed by atoms with Crippen molar-refractivity contribution >= 4 is 29.2 Å². The molecular weight excluding hydrogens is 394 g/mol. The number of ether oxygens (including phenoxy) is 1. The summed E-state index contributed by atoms with van der Waals surface area (Å²) in [5, 5.41) is 11.8. The second-order valence-corrected chi connectivity index (χ2v) is 6.51. The van der Waals surface area contributed by atoms with Gasteiger partial charge < -0.3 is 9.64 Å². The number of nitro groups is 1. The Morgan fingerprint density at radius 1 is 1.40 bits per heavy atom. The lowest BCUT2D eigenvalue weighted by atomic mass is 9.98. The van der Waals surface area contributed by atoms with Crippen LogP contribution in [0.1, 0.15) is 30.1 Å². The van der Waals surface area contributed by atoms with Crippen molar-refractivity contribution in [3.8, 4) is 0 Å². The minimum absolute atomic E-state index is 0.0714. The summed E-state index contributed by atoms with van der Waals surface area (Å²) in [5.74, 6) is -1.35. The van der Waals surface area contributed by atoms with Gasteiger partial charge in [0.05, 0.1) is 23.0 Å². The monoisotopic (exact) mass is 415 g/mol. The highest BCUT2D eigenvalue weighted by molar-refractivity contribution is 5.94. The summed E-state index contributed by atoms with van der Waals surface area (Å²) in [6, 6.07) is 3.14. The predicted molar refractivity (Wildman–Crippen MR) is 106 cm³/mol. The molecule has 0 aliphatic carbocycles. The Morgan fingerprint density at radius 3 is 2.93 bits per heavy atom. The van der Waals surface area contributed by atoms with Gasteiger partial charge in [-0.15, -0.1) is 0 Å². The maximum Gasteiger partial charge on any atom is 0.355 e. The summed E-state index contributed by atoms with van der Waals surface area (Å²) in [5.41, 5.74) is 4.73. The topological polar surface area (TPSA) is 152 Å². The molecule has 2 N–H and O–H groups in total. The average Bonchev–Trinajstić information content (AvgIpc) is 2.78. The van der Waals surface area contributed by atoms with E-state index >= 15 is 0 Å². The van der Waals surface area contributed by atoms with Crippen LogP contribution in [0.5, 0.6) is 0 Å². The van der Waals surface area contributed by atoms with Crippen LogP contribution < -0.4 is 15.8 Å². The maximum absolute atomic E-state index is 12.2. The predicted octanol–water partition coefficient (Wildman–Crippen LogP) is 1.32. The van der Waals surface area contributed by atoms with E-state index in [2.05, 4.69) is 25.8 Å². The molecule has 30 heavy (non-hydrogen) atoms. The first-order chi connectivity index (χ1) is 14.5. The highest BCUT2D eigenvalue weighted by Crippen LogP contribution is 2.34. The summed E-state index contributed by atoms with van der Waals surface area (Å²) >= 11 is 0. The standard InChI is InChI=1S/C18H21N7O5/c1-2-30-18(27)13-6-4-8-24(10-13)16-14(25(28)29)15(20-11-21-16)22-23-17(26)12-5-3-7-19-9-12/h3,5,7,9,11,13H,2,4,6,8,10H2,1H3,(H,23,26)(H,20,21,22). The maximum atomic E-state index is 12.2. The lowest BCUT2D eigenvalue weighted by Crippen LogP contribution is -2.40. The number of hydrazine groups is 1. The number of rotatable bonds is 7. The molecule has 1 atom stereocenters. The molecule has 0 aromatic carbocycles. The zero-order chi connectivity index (χ0) is 21.5. The number of nitrogens with one attached hydrogen (secondary N) is 2. The molecule has 2 aromatic rings. The van der Waals surface area contributed by atoms with Gasteiger partial charge in [0.15, 0.2) is 0 Å². The summed E-state index contributed by atoms with van der Waals surface area (Å²) in [6.45, 7) is 2.74. The molecule has 12 heteroatoms. The average molecular weight is 415 g/mol. The van der Waals surface area contributed by atoms with E-state index in [0.717, 1.165) is 6.33 Å². The Balaban J connectivity index is 1.80. The molecule has 0 radical (unpaired) electrons. The van der Waals surface area contributed by atoms with Crippen molar-refractivity contribution in [3.05, 3.63) is 46.5 Å². The van der Waals surface area contributed by atoms with Crippen LogP contribution in [-0.4, -0.2) is 51.4 Å². The Labute approximate surface area is 171 Å². The van der Waals surface area contributed by atoms with Gasteiger partial charge >= 0.3 is 11.7 Å². The molecule has 0 saturated carbocycles. The summed E-state index contributed by atoms with van der Waals surface area (Å²) in [4.78, 5) is 48.9. The quantitative estimate of drug-likeness (QED) is 0.384. The summed E-state index contributed by atoms with van der Waals surface area (Å²) in [6.07, 6.45) is 5.34. The number of piperidine rings is 1. The van der Waals surface area contributed by atoms with Crippen LogP contribution in [0.2, 0.25) is 0 Å². The van der Waals surface area contributed by atoms with Gasteiger partial charge in [0, 0.05) is 25.5 Å². The molecule has 0 spiro atoms. The lowest BCUT2D eigenvalue weighted by molar-refractivity contribution is -0.383. The molecule has 1 saturated heterocycles. The number of pyridine rings is 1. The smallest absolute Gasteiger partial charge is 0.355 e. The van der Waals surface area contributed by atoms with Crippen LogP contribution in [-0.2, 0) is 9.53 Å². The number of nitrogens with zero attached hydrogens (tertiary/aromatic N) is 5. The first kappa shape index (κ1) is 20.9. The molecule has 1 amide bonds. The third-order valence-corrected chi connectivity index (χ3v) is 4.54. The molecule has 3 rings (SSSR count). The van der Waals surface area contributed by atoms with Crippen LogP contribution >= 0.6 is 0 Å². The summed E-state index contributed by atoms with van der Waals surface area (Å²) < 4.78 is 5.08. The molecule has 1 fully saturated rings. The molecule has 3 heterocycles. The number of carbonyl (C=O) groups excluding carboxylic acids is 2. The van der Waals surface area contributed by atoms with Crippen LogP contribution in [0.25, 0.3) is 0 Å². The Hall–Kier alpha value is -3.83. The van der Waals surface area contributed by atoms with Crippen LogP contribution in [0.4, 0.5) is 17.3 Å². The van der Waals surface area contributed by atoms with Crippen LogP contribution in [0.3, 0.4) is 0 Å². The fourth-order valence-electron chi connectivity index (χ4n) is 3.17. The first-order valence-corrected chi connectivity index (χ1v) is 9.38. The Bertz CT molecular complexity index is 924. The van der Waals surface area contributed by atoms with E-state index in [-0.39, 0.29) is 36.3 Å².